The van der Waals surface area contributed by atoms with Gasteiger partial charge in [0.05, 0.1) is 17.8 Å². The molecular formula is C12H16ClN3O. The molecule has 0 aliphatic carbocycles. The third-order valence-electron chi connectivity index (χ3n) is 3.19. The summed E-state index contributed by atoms with van der Waals surface area (Å²) in [5.74, 6) is 0.454. The monoisotopic (exact) mass is 253 g/mol. The van der Waals surface area contributed by atoms with Crippen molar-refractivity contribution in [2.75, 3.05) is 18.4 Å². The van der Waals surface area contributed by atoms with Gasteiger partial charge in [-0.05, 0) is 31.0 Å². The summed E-state index contributed by atoms with van der Waals surface area (Å²) in [6.45, 7) is 5.62. The van der Waals surface area contributed by atoms with E-state index in [1.54, 1.807) is 12.3 Å². The van der Waals surface area contributed by atoms with Gasteiger partial charge in [0.15, 0.2) is 0 Å². The van der Waals surface area contributed by atoms with Crippen LogP contribution in [0.3, 0.4) is 0 Å². The van der Waals surface area contributed by atoms with Crippen LogP contribution in [0.25, 0.3) is 0 Å². The van der Waals surface area contributed by atoms with Crippen LogP contribution in [0.5, 0.6) is 0 Å². The van der Waals surface area contributed by atoms with Gasteiger partial charge in [-0.1, -0.05) is 18.5 Å². The predicted octanol–water partition coefficient (Wildman–Crippen LogP) is 1.84. The minimum atomic E-state index is 0.0325. The van der Waals surface area contributed by atoms with E-state index in [4.69, 9.17) is 11.6 Å². The van der Waals surface area contributed by atoms with Gasteiger partial charge < -0.3 is 10.6 Å². The second kappa shape index (κ2) is 5.02. The van der Waals surface area contributed by atoms with Gasteiger partial charge in [-0.3, -0.25) is 4.79 Å². The fraction of sp³-hybridized carbons (Fsp3) is 0.500. The molecule has 4 nitrogen and oxygen atoms in total. The molecule has 1 saturated heterocycles. The van der Waals surface area contributed by atoms with Crippen molar-refractivity contribution in [1.29, 1.82) is 0 Å². The lowest BCUT2D eigenvalue weighted by molar-refractivity contribution is -0.120. The molecule has 92 valence electrons. The van der Waals surface area contributed by atoms with Crippen molar-refractivity contribution in [3.63, 3.8) is 0 Å². The molecule has 0 radical (unpaired) electrons. The zero-order valence-electron chi connectivity index (χ0n) is 9.96. The number of carbonyl (C=O) groups excluding carboxylic acids is 1. The summed E-state index contributed by atoms with van der Waals surface area (Å²) >= 11 is 5.77. The molecule has 5 heteroatoms. The number of anilines is 1. The summed E-state index contributed by atoms with van der Waals surface area (Å²) < 4.78 is 0. The Bertz CT molecular complexity index is 436. The van der Waals surface area contributed by atoms with Gasteiger partial charge in [-0.15, -0.1) is 0 Å². The van der Waals surface area contributed by atoms with Crippen molar-refractivity contribution < 1.29 is 4.79 Å². The van der Waals surface area contributed by atoms with Gasteiger partial charge in [0.25, 0.3) is 0 Å². The van der Waals surface area contributed by atoms with Crippen LogP contribution in [-0.4, -0.2) is 24.0 Å². The first kappa shape index (κ1) is 12.3. The molecule has 17 heavy (non-hydrogen) atoms. The number of carbonyl (C=O) groups is 1. The van der Waals surface area contributed by atoms with Gasteiger partial charge in [-0.2, -0.15) is 0 Å². The van der Waals surface area contributed by atoms with Gasteiger partial charge in [0.2, 0.25) is 5.91 Å². The number of nitrogens with one attached hydrogen (secondary N) is 2. The van der Waals surface area contributed by atoms with Crippen molar-refractivity contribution in [2.45, 2.75) is 13.8 Å². The molecule has 1 aromatic heterocycles. The lowest BCUT2D eigenvalue weighted by Gasteiger charge is -2.15. The Labute approximate surface area is 106 Å². The summed E-state index contributed by atoms with van der Waals surface area (Å²) in [5, 5.41) is 6.57. The van der Waals surface area contributed by atoms with Gasteiger partial charge >= 0.3 is 0 Å². The van der Waals surface area contributed by atoms with E-state index < -0.39 is 0 Å². The molecule has 1 amide bonds. The molecule has 1 aliphatic rings. The van der Waals surface area contributed by atoms with Crippen LogP contribution in [-0.2, 0) is 4.79 Å². The summed E-state index contributed by atoms with van der Waals surface area (Å²) in [6.07, 6.45) is 1.60. The third kappa shape index (κ3) is 2.76. The van der Waals surface area contributed by atoms with Crippen molar-refractivity contribution >= 4 is 23.2 Å². The van der Waals surface area contributed by atoms with Crippen LogP contribution in [0.2, 0.25) is 5.15 Å². The zero-order valence-corrected chi connectivity index (χ0v) is 10.7. The van der Waals surface area contributed by atoms with Gasteiger partial charge in [0, 0.05) is 6.54 Å². The van der Waals surface area contributed by atoms with Crippen LogP contribution < -0.4 is 10.6 Å². The number of halogens is 1. The van der Waals surface area contributed by atoms with Crippen LogP contribution in [0.1, 0.15) is 12.5 Å². The number of pyridine rings is 1. The molecule has 2 atom stereocenters. The Balaban J connectivity index is 2.07. The number of aryl methyl sites for hydroxylation is 1. The first-order valence-corrected chi connectivity index (χ1v) is 6.09. The number of rotatable bonds is 2. The Kier molecular flexibility index (Phi) is 3.64. The first-order chi connectivity index (χ1) is 8.08. The fourth-order valence-corrected chi connectivity index (χ4v) is 2.25. The summed E-state index contributed by atoms with van der Waals surface area (Å²) in [5.41, 5.74) is 1.66. The molecule has 2 rings (SSSR count). The van der Waals surface area contributed by atoms with E-state index in [9.17, 15) is 4.79 Å². The lowest BCUT2D eigenvalue weighted by atomic mass is 9.97. The molecule has 0 bridgehead atoms. The summed E-state index contributed by atoms with van der Waals surface area (Å²) in [6, 6.07) is 1.74. The molecule has 0 spiro atoms. The summed E-state index contributed by atoms with van der Waals surface area (Å²) in [7, 11) is 0. The van der Waals surface area contributed by atoms with Crippen LogP contribution in [0, 0.1) is 18.8 Å². The maximum absolute atomic E-state index is 12.1. The number of amides is 1. The predicted molar refractivity (Wildman–Crippen MR) is 68.1 cm³/mol. The van der Waals surface area contributed by atoms with Crippen molar-refractivity contribution in [3.8, 4) is 0 Å². The maximum Gasteiger partial charge on any atom is 0.229 e. The number of nitrogens with zero attached hydrogens (tertiary/aromatic N) is 1. The highest BCUT2D eigenvalue weighted by atomic mass is 35.5. The standard InChI is InChI=1S/C12H16ClN3O/c1-7-3-11(13)15-6-10(7)16-12(17)9-5-14-4-8(9)2/h3,6,8-9,14H,4-5H2,1-2H3,(H,16,17). The zero-order chi connectivity index (χ0) is 12.4. The van der Waals surface area contributed by atoms with E-state index in [-0.39, 0.29) is 11.8 Å². The highest BCUT2D eigenvalue weighted by molar-refractivity contribution is 6.29. The van der Waals surface area contributed by atoms with Crippen LogP contribution in [0.15, 0.2) is 12.3 Å². The topological polar surface area (TPSA) is 54.0 Å². The van der Waals surface area contributed by atoms with Gasteiger partial charge in [-0.25, -0.2) is 4.98 Å². The average molecular weight is 254 g/mol. The normalized spacial score (nSPS) is 23.7. The maximum atomic E-state index is 12.1. The van der Waals surface area contributed by atoms with E-state index in [0.717, 1.165) is 24.3 Å². The Hall–Kier alpha value is -1.13. The van der Waals surface area contributed by atoms with E-state index >= 15 is 0 Å². The highest BCUT2D eigenvalue weighted by Gasteiger charge is 2.29. The third-order valence-corrected chi connectivity index (χ3v) is 3.40. The fourth-order valence-electron chi connectivity index (χ4n) is 2.04. The first-order valence-electron chi connectivity index (χ1n) is 5.71. The molecule has 2 N–H and O–H groups in total. The lowest BCUT2D eigenvalue weighted by Crippen LogP contribution is -2.28. The SMILES string of the molecule is Cc1cc(Cl)ncc1NC(=O)C1CNCC1C. The van der Waals surface area contributed by atoms with E-state index in [1.807, 2.05) is 6.92 Å². The second-order valence-corrected chi connectivity index (χ2v) is 4.94. The van der Waals surface area contributed by atoms with Crippen molar-refractivity contribution in [1.82, 2.24) is 10.3 Å². The number of hydrogen-bond acceptors (Lipinski definition) is 3. The average Bonchev–Trinajstić information content (AvgIpc) is 2.68. The molecule has 2 unspecified atom stereocenters. The largest absolute Gasteiger partial charge is 0.324 e. The summed E-state index contributed by atoms with van der Waals surface area (Å²) in [4.78, 5) is 16.0. The number of hydrogen-bond donors (Lipinski definition) is 2. The molecule has 1 aromatic rings. The minimum absolute atomic E-state index is 0.0325. The smallest absolute Gasteiger partial charge is 0.229 e. The quantitative estimate of drug-likeness (QED) is 0.791. The van der Waals surface area contributed by atoms with Crippen LogP contribution in [0.4, 0.5) is 5.69 Å². The highest BCUT2D eigenvalue weighted by Crippen LogP contribution is 2.21. The second-order valence-electron chi connectivity index (χ2n) is 4.55. The van der Waals surface area contributed by atoms with E-state index in [1.165, 1.54) is 0 Å². The molecule has 0 aromatic carbocycles. The Morgan fingerprint density at radius 3 is 2.94 bits per heavy atom. The molecule has 0 saturated carbocycles. The molecule has 1 fully saturated rings. The Morgan fingerprint density at radius 1 is 1.59 bits per heavy atom. The van der Waals surface area contributed by atoms with Crippen molar-refractivity contribution in [3.05, 3.63) is 23.0 Å². The van der Waals surface area contributed by atoms with Crippen molar-refractivity contribution in [2.24, 2.45) is 11.8 Å². The van der Waals surface area contributed by atoms with Gasteiger partial charge in [0.1, 0.15) is 5.15 Å². The number of aromatic nitrogens is 1. The van der Waals surface area contributed by atoms with Crippen LogP contribution >= 0.6 is 11.6 Å². The Morgan fingerprint density at radius 2 is 2.35 bits per heavy atom. The molecule has 2 heterocycles. The molecule has 1 aliphatic heterocycles. The van der Waals surface area contributed by atoms with E-state index in [0.29, 0.717) is 11.1 Å². The molecular weight excluding hydrogens is 238 g/mol. The minimum Gasteiger partial charge on any atom is -0.324 e. The van der Waals surface area contributed by atoms with E-state index in [2.05, 4.69) is 22.5 Å².